The number of esters is 1. The highest BCUT2D eigenvalue weighted by atomic mass is 17.1. The molecule has 0 amide bonds. The molecule has 8 heteroatoms. The zero-order valence-electron chi connectivity index (χ0n) is 13.5. The molecule has 21 heavy (non-hydrogen) atoms. The quantitative estimate of drug-likeness (QED) is 0.351. The highest BCUT2D eigenvalue weighted by Gasteiger charge is 2.22. The first-order chi connectivity index (χ1) is 9.44. The van der Waals surface area contributed by atoms with E-state index in [0.29, 0.717) is 0 Å². The zero-order chi connectivity index (χ0) is 17.1. The van der Waals surface area contributed by atoms with Gasteiger partial charge in [0.2, 0.25) is 6.79 Å². The molecule has 0 aromatic heterocycles. The summed E-state index contributed by atoms with van der Waals surface area (Å²) in [4.78, 5) is 24.9. The number of hydrogen-bond donors (Lipinski definition) is 2. The van der Waals surface area contributed by atoms with Gasteiger partial charge in [-0.25, -0.2) is 10.1 Å². The van der Waals surface area contributed by atoms with Gasteiger partial charge in [-0.2, -0.15) is 4.89 Å². The van der Waals surface area contributed by atoms with Gasteiger partial charge in [0.1, 0.15) is 0 Å². The molecule has 0 spiro atoms. The van der Waals surface area contributed by atoms with Crippen molar-refractivity contribution >= 4 is 12.1 Å². The second kappa shape index (κ2) is 10.4. The van der Waals surface area contributed by atoms with E-state index >= 15 is 0 Å². The van der Waals surface area contributed by atoms with Gasteiger partial charge in [-0.1, -0.05) is 20.8 Å². The van der Waals surface area contributed by atoms with Crippen molar-refractivity contribution in [3.63, 3.8) is 0 Å². The Balaban J connectivity index is 0. The first kappa shape index (κ1) is 21.9. The Bertz CT molecular complexity index is 300. The SMILES string of the molecule is CC(C)(C)C(=O)OCOO.CC(C)(C)COC(=O)OCO. The molecular formula is C13H26O8. The summed E-state index contributed by atoms with van der Waals surface area (Å²) in [5, 5.41) is 15.9. The first-order valence-electron chi connectivity index (χ1n) is 6.28. The first-order valence-corrected chi connectivity index (χ1v) is 6.28. The summed E-state index contributed by atoms with van der Waals surface area (Å²) in [6.07, 6.45) is -0.831. The Kier molecular flexibility index (Phi) is 10.8. The predicted molar refractivity (Wildman–Crippen MR) is 73.1 cm³/mol. The maximum Gasteiger partial charge on any atom is 0.510 e. The van der Waals surface area contributed by atoms with Crippen molar-refractivity contribution in [1.82, 2.24) is 0 Å². The number of hydrogen-bond acceptors (Lipinski definition) is 8. The third-order valence-electron chi connectivity index (χ3n) is 1.66. The minimum absolute atomic E-state index is 0.0749. The maximum absolute atomic E-state index is 10.8. The summed E-state index contributed by atoms with van der Waals surface area (Å²) in [5.41, 5.74) is -0.618. The van der Waals surface area contributed by atoms with Crippen molar-refractivity contribution in [3.05, 3.63) is 0 Å². The van der Waals surface area contributed by atoms with Crippen LogP contribution in [0.5, 0.6) is 0 Å². The summed E-state index contributed by atoms with van der Waals surface area (Å²) in [6.45, 7) is 10.2. The van der Waals surface area contributed by atoms with Crippen LogP contribution in [0.3, 0.4) is 0 Å². The molecule has 0 atom stereocenters. The molecule has 0 aromatic carbocycles. The lowest BCUT2D eigenvalue weighted by atomic mass is 9.98. The highest BCUT2D eigenvalue weighted by Crippen LogP contribution is 2.14. The Labute approximate surface area is 124 Å². The molecule has 0 saturated carbocycles. The molecule has 0 rings (SSSR count). The van der Waals surface area contributed by atoms with E-state index in [9.17, 15) is 9.59 Å². The number of aliphatic hydroxyl groups is 1. The van der Waals surface area contributed by atoms with Crippen molar-refractivity contribution in [1.29, 1.82) is 0 Å². The molecular weight excluding hydrogens is 284 g/mol. The molecule has 0 saturated heterocycles. The summed E-state index contributed by atoms with van der Waals surface area (Å²) in [6, 6.07) is 0. The average Bonchev–Trinajstić information content (AvgIpc) is 2.32. The third-order valence-corrected chi connectivity index (χ3v) is 1.66. The molecule has 0 unspecified atom stereocenters. The van der Waals surface area contributed by atoms with Crippen LogP contribution in [0.2, 0.25) is 0 Å². The van der Waals surface area contributed by atoms with Crippen LogP contribution < -0.4 is 0 Å². The molecule has 0 aliphatic heterocycles. The van der Waals surface area contributed by atoms with Gasteiger partial charge < -0.3 is 19.3 Å². The lowest BCUT2D eigenvalue weighted by Crippen LogP contribution is -2.23. The van der Waals surface area contributed by atoms with Gasteiger partial charge in [0, 0.05) is 0 Å². The van der Waals surface area contributed by atoms with Crippen LogP contribution in [0, 0.1) is 10.8 Å². The second-order valence-corrected chi connectivity index (χ2v) is 6.30. The fourth-order valence-corrected chi connectivity index (χ4v) is 0.666. The normalized spacial score (nSPS) is 11.0. The predicted octanol–water partition coefficient (Wildman–Crippen LogP) is 2.16. The minimum atomic E-state index is -0.831. The van der Waals surface area contributed by atoms with Crippen LogP contribution in [0.25, 0.3) is 0 Å². The van der Waals surface area contributed by atoms with E-state index in [2.05, 4.69) is 19.1 Å². The van der Waals surface area contributed by atoms with Gasteiger partial charge in [-0.15, -0.1) is 0 Å². The fraction of sp³-hybridized carbons (Fsp3) is 0.846. The van der Waals surface area contributed by atoms with Crippen LogP contribution in [0.1, 0.15) is 41.5 Å². The molecule has 0 aromatic rings. The molecule has 0 bridgehead atoms. The van der Waals surface area contributed by atoms with E-state index in [1.807, 2.05) is 20.8 Å². The average molecular weight is 310 g/mol. The topological polar surface area (TPSA) is 112 Å². The molecule has 2 N–H and O–H groups in total. The second-order valence-electron chi connectivity index (χ2n) is 6.30. The van der Waals surface area contributed by atoms with E-state index in [-0.39, 0.29) is 12.0 Å². The molecule has 8 nitrogen and oxygen atoms in total. The summed E-state index contributed by atoms with van der Waals surface area (Å²) >= 11 is 0. The Hall–Kier alpha value is -1.38. The number of aliphatic hydroxyl groups excluding tert-OH is 1. The molecule has 0 fully saturated rings. The molecule has 0 radical (unpaired) electrons. The molecule has 0 aliphatic carbocycles. The summed E-state index contributed by atoms with van der Waals surface area (Å²) in [7, 11) is 0. The van der Waals surface area contributed by atoms with Crippen molar-refractivity contribution in [2.45, 2.75) is 41.5 Å². The number of carbonyl (C=O) groups excluding carboxylic acids is 2. The smallest absolute Gasteiger partial charge is 0.435 e. The summed E-state index contributed by atoms with van der Waals surface area (Å²) in [5.74, 6) is -0.401. The lowest BCUT2D eigenvalue weighted by Gasteiger charge is -2.16. The lowest BCUT2D eigenvalue weighted by molar-refractivity contribution is -0.291. The highest BCUT2D eigenvalue weighted by molar-refractivity contribution is 5.75. The van der Waals surface area contributed by atoms with Gasteiger partial charge in [-0.05, 0) is 26.2 Å². The van der Waals surface area contributed by atoms with Crippen LogP contribution >= 0.6 is 0 Å². The maximum atomic E-state index is 10.8. The van der Waals surface area contributed by atoms with Crippen molar-refractivity contribution < 1.29 is 39.1 Å². The van der Waals surface area contributed by atoms with Gasteiger partial charge in [-0.3, -0.25) is 4.79 Å². The van der Waals surface area contributed by atoms with Gasteiger partial charge in [0.05, 0.1) is 12.0 Å². The monoisotopic (exact) mass is 310 g/mol. The Morgan fingerprint density at radius 1 is 0.952 bits per heavy atom. The Morgan fingerprint density at radius 3 is 1.81 bits per heavy atom. The summed E-state index contributed by atoms with van der Waals surface area (Å²) < 4.78 is 13.2. The Morgan fingerprint density at radius 2 is 1.48 bits per heavy atom. The fourth-order valence-electron chi connectivity index (χ4n) is 0.666. The number of carbonyl (C=O) groups is 2. The third kappa shape index (κ3) is 16.6. The van der Waals surface area contributed by atoms with Crippen LogP contribution in [0.4, 0.5) is 4.79 Å². The standard InChI is InChI=1S/C7H14O4.C6H12O4/c1-7(2,3)4-10-6(9)11-5-8;1-6(2,3)5(7)9-4-10-8/h8H,4-5H2,1-3H3;8H,4H2,1-3H3. The van der Waals surface area contributed by atoms with E-state index < -0.39 is 31.1 Å². The number of rotatable bonds is 4. The van der Waals surface area contributed by atoms with Crippen LogP contribution in [0.15, 0.2) is 0 Å². The van der Waals surface area contributed by atoms with Crippen LogP contribution in [-0.2, 0) is 23.9 Å². The van der Waals surface area contributed by atoms with Gasteiger partial charge in [0.15, 0.2) is 6.79 Å². The van der Waals surface area contributed by atoms with Crippen molar-refractivity contribution in [2.75, 3.05) is 20.2 Å². The van der Waals surface area contributed by atoms with Crippen LogP contribution in [-0.4, -0.2) is 42.7 Å². The minimum Gasteiger partial charge on any atom is -0.435 e. The number of ether oxygens (including phenoxy) is 3. The van der Waals surface area contributed by atoms with Gasteiger partial charge >= 0.3 is 12.1 Å². The van der Waals surface area contributed by atoms with Crippen molar-refractivity contribution in [3.8, 4) is 0 Å². The van der Waals surface area contributed by atoms with Gasteiger partial charge in [0.25, 0.3) is 0 Å². The van der Waals surface area contributed by atoms with E-state index in [1.165, 1.54) is 0 Å². The zero-order valence-corrected chi connectivity index (χ0v) is 13.5. The molecule has 126 valence electrons. The largest absolute Gasteiger partial charge is 0.510 e. The van der Waals surface area contributed by atoms with Crippen molar-refractivity contribution in [2.24, 2.45) is 10.8 Å². The van der Waals surface area contributed by atoms with E-state index in [4.69, 9.17) is 10.4 Å². The molecule has 0 heterocycles. The van der Waals surface area contributed by atoms with E-state index in [0.717, 1.165) is 0 Å². The molecule has 0 aliphatic rings. The van der Waals surface area contributed by atoms with E-state index in [1.54, 1.807) is 20.8 Å².